The van der Waals surface area contributed by atoms with Crippen molar-refractivity contribution in [1.29, 1.82) is 0 Å². The Labute approximate surface area is 148 Å². The van der Waals surface area contributed by atoms with Crippen molar-refractivity contribution in [3.63, 3.8) is 0 Å². The molecule has 5 rings (SSSR count). The van der Waals surface area contributed by atoms with E-state index in [4.69, 9.17) is 4.98 Å². The van der Waals surface area contributed by atoms with E-state index >= 15 is 0 Å². The molecular weight excluding hydrogens is 326 g/mol. The Bertz CT molecular complexity index is 1180. The molecule has 7 nitrogen and oxygen atoms in total. The average Bonchev–Trinajstić information content (AvgIpc) is 3.38. The van der Waals surface area contributed by atoms with Crippen LogP contribution in [-0.2, 0) is 6.54 Å². The van der Waals surface area contributed by atoms with Crippen LogP contribution in [0.15, 0.2) is 66.9 Å². The van der Waals surface area contributed by atoms with Crippen LogP contribution >= 0.6 is 0 Å². The molecule has 0 amide bonds. The smallest absolute Gasteiger partial charge is 0.179 e. The van der Waals surface area contributed by atoms with Gasteiger partial charge in [0.05, 0.1) is 16.6 Å². The first-order chi connectivity index (χ1) is 12.9. The third kappa shape index (κ3) is 2.46. The summed E-state index contributed by atoms with van der Waals surface area (Å²) in [4.78, 5) is 4.85. The minimum absolute atomic E-state index is 0.625. The maximum Gasteiger partial charge on any atom is 0.179 e. The Balaban J connectivity index is 1.60. The lowest BCUT2D eigenvalue weighted by Gasteiger charge is -2.11. The largest absolute Gasteiger partial charge is 0.364 e. The zero-order valence-electron chi connectivity index (χ0n) is 13.8. The molecule has 0 bridgehead atoms. The fraction of sp³-hybridized carbons (Fsp3) is 0.0526. The monoisotopic (exact) mass is 341 g/mol. The van der Waals surface area contributed by atoms with Crippen LogP contribution in [0.5, 0.6) is 0 Å². The van der Waals surface area contributed by atoms with Gasteiger partial charge in [-0.25, -0.2) is 10.1 Å². The number of benzene rings is 2. The number of aromatic amines is 1. The van der Waals surface area contributed by atoms with Crippen LogP contribution in [0.3, 0.4) is 0 Å². The van der Waals surface area contributed by atoms with Crippen LogP contribution in [0.2, 0.25) is 0 Å². The van der Waals surface area contributed by atoms with Crippen LogP contribution < -0.4 is 5.32 Å². The molecule has 0 spiro atoms. The normalized spacial score (nSPS) is 11.2. The van der Waals surface area contributed by atoms with Gasteiger partial charge in [-0.15, -0.1) is 5.10 Å². The van der Waals surface area contributed by atoms with Gasteiger partial charge >= 0.3 is 0 Å². The van der Waals surface area contributed by atoms with Gasteiger partial charge in [0.2, 0.25) is 0 Å². The molecular formula is C19H15N7. The van der Waals surface area contributed by atoms with Gasteiger partial charge in [0.25, 0.3) is 0 Å². The number of nitrogens with one attached hydrogen (secondary N) is 2. The minimum Gasteiger partial charge on any atom is -0.364 e. The molecule has 126 valence electrons. The molecule has 5 aromatic rings. The second kappa shape index (κ2) is 5.96. The predicted molar refractivity (Wildman–Crippen MR) is 99.6 cm³/mol. The molecule has 0 unspecified atom stereocenters. The molecule has 2 aromatic carbocycles. The van der Waals surface area contributed by atoms with Crippen molar-refractivity contribution in [2.75, 3.05) is 5.32 Å². The highest BCUT2D eigenvalue weighted by Gasteiger charge is 2.10. The lowest BCUT2D eigenvalue weighted by atomic mass is 10.2. The number of H-pyrrole nitrogens is 1. The van der Waals surface area contributed by atoms with E-state index in [2.05, 4.69) is 48.5 Å². The number of anilines is 1. The predicted octanol–water partition coefficient (Wildman–Crippen LogP) is 3.28. The first-order valence-electron chi connectivity index (χ1n) is 8.31. The Hall–Kier alpha value is -3.74. The lowest BCUT2D eigenvalue weighted by molar-refractivity contribution is 0.881. The Morgan fingerprint density at radius 1 is 0.962 bits per heavy atom. The summed E-state index contributed by atoms with van der Waals surface area (Å²) in [5.41, 5.74) is 5.06. The Kier molecular flexibility index (Phi) is 3.35. The van der Waals surface area contributed by atoms with Crippen molar-refractivity contribution < 1.29 is 0 Å². The minimum atomic E-state index is 0.625. The summed E-state index contributed by atoms with van der Waals surface area (Å²) in [7, 11) is 0. The third-order valence-electron chi connectivity index (χ3n) is 4.38. The maximum atomic E-state index is 4.85. The van der Waals surface area contributed by atoms with Gasteiger partial charge in [-0.2, -0.15) is 0 Å². The number of hydrogen-bond acceptors (Lipinski definition) is 5. The van der Waals surface area contributed by atoms with E-state index in [0.717, 1.165) is 27.9 Å². The molecule has 26 heavy (non-hydrogen) atoms. The fourth-order valence-electron chi connectivity index (χ4n) is 3.12. The molecule has 0 radical (unpaired) electrons. The summed E-state index contributed by atoms with van der Waals surface area (Å²) in [5.74, 6) is 1.47. The first kappa shape index (κ1) is 14.6. The van der Waals surface area contributed by atoms with Crippen LogP contribution in [0.1, 0.15) is 5.56 Å². The van der Waals surface area contributed by atoms with Crippen LogP contribution in [0, 0.1) is 0 Å². The standard InChI is InChI=1S/C19H15N7/c1-2-5-13(6-3-1)12-20-19-17-7-4-10-26(17)16-9-8-14(11-15(16)21-19)18-22-24-25-23-18/h1-11H,12H2,(H,20,21)(H,22,23,24,25). The van der Waals surface area contributed by atoms with Crippen molar-refractivity contribution >= 4 is 22.4 Å². The quantitative estimate of drug-likeness (QED) is 0.524. The second-order valence-electron chi connectivity index (χ2n) is 6.02. The highest BCUT2D eigenvalue weighted by Crippen LogP contribution is 2.26. The molecule has 7 heteroatoms. The SMILES string of the molecule is c1ccc(CNc2nc3cc(-c4nnn[nH]4)ccc3n3cccc23)cc1. The summed E-state index contributed by atoms with van der Waals surface area (Å²) in [6.45, 7) is 0.714. The summed E-state index contributed by atoms with van der Waals surface area (Å²) in [5, 5.41) is 17.5. The summed E-state index contributed by atoms with van der Waals surface area (Å²) in [6, 6.07) is 20.4. The van der Waals surface area contributed by atoms with Crippen molar-refractivity contribution in [2.24, 2.45) is 0 Å². The second-order valence-corrected chi connectivity index (χ2v) is 6.02. The molecule has 0 atom stereocenters. The van der Waals surface area contributed by atoms with Crippen LogP contribution in [-0.4, -0.2) is 30.0 Å². The molecule has 0 saturated carbocycles. The number of nitrogens with zero attached hydrogens (tertiary/aromatic N) is 5. The highest BCUT2D eigenvalue weighted by molar-refractivity contribution is 5.87. The van der Waals surface area contributed by atoms with Gasteiger partial charge in [0.15, 0.2) is 11.6 Å². The molecule has 0 aliphatic heterocycles. The first-order valence-corrected chi connectivity index (χ1v) is 8.31. The van der Waals surface area contributed by atoms with Gasteiger partial charge < -0.3 is 9.72 Å². The van der Waals surface area contributed by atoms with E-state index in [1.54, 1.807) is 0 Å². The number of rotatable bonds is 4. The van der Waals surface area contributed by atoms with E-state index in [0.29, 0.717) is 12.4 Å². The number of tetrazole rings is 1. The summed E-state index contributed by atoms with van der Waals surface area (Å²) >= 11 is 0. The topological polar surface area (TPSA) is 83.8 Å². The van der Waals surface area contributed by atoms with Gasteiger partial charge in [-0.1, -0.05) is 30.3 Å². The summed E-state index contributed by atoms with van der Waals surface area (Å²) in [6.07, 6.45) is 2.04. The van der Waals surface area contributed by atoms with Gasteiger partial charge in [-0.3, -0.25) is 0 Å². The average molecular weight is 341 g/mol. The zero-order valence-corrected chi connectivity index (χ0v) is 13.8. The third-order valence-corrected chi connectivity index (χ3v) is 4.38. The van der Waals surface area contributed by atoms with Gasteiger partial charge in [-0.05, 0) is 46.3 Å². The maximum absolute atomic E-state index is 4.85. The number of aromatic nitrogens is 6. The lowest BCUT2D eigenvalue weighted by Crippen LogP contribution is -2.04. The van der Waals surface area contributed by atoms with Crippen LogP contribution in [0.25, 0.3) is 27.9 Å². The molecule has 0 fully saturated rings. The molecule has 0 aliphatic rings. The highest BCUT2D eigenvalue weighted by atomic mass is 15.5. The van der Waals surface area contributed by atoms with E-state index in [1.807, 2.05) is 48.7 Å². The number of fused-ring (bicyclic) bond motifs is 3. The van der Waals surface area contributed by atoms with Gasteiger partial charge in [0, 0.05) is 18.3 Å². The molecule has 3 aromatic heterocycles. The van der Waals surface area contributed by atoms with Crippen molar-refractivity contribution in [2.45, 2.75) is 6.54 Å². The fourth-order valence-corrected chi connectivity index (χ4v) is 3.12. The van der Waals surface area contributed by atoms with Crippen LogP contribution in [0.4, 0.5) is 5.82 Å². The van der Waals surface area contributed by atoms with E-state index < -0.39 is 0 Å². The van der Waals surface area contributed by atoms with Crippen molar-refractivity contribution in [3.05, 3.63) is 72.4 Å². The summed E-state index contributed by atoms with van der Waals surface area (Å²) < 4.78 is 2.14. The van der Waals surface area contributed by atoms with E-state index in [9.17, 15) is 0 Å². The molecule has 3 heterocycles. The molecule has 0 aliphatic carbocycles. The van der Waals surface area contributed by atoms with Crippen molar-refractivity contribution in [1.82, 2.24) is 30.0 Å². The number of hydrogen-bond donors (Lipinski definition) is 2. The van der Waals surface area contributed by atoms with E-state index in [1.165, 1.54) is 5.56 Å². The van der Waals surface area contributed by atoms with Gasteiger partial charge in [0.1, 0.15) is 0 Å². The Morgan fingerprint density at radius 2 is 1.88 bits per heavy atom. The molecule has 0 saturated heterocycles. The van der Waals surface area contributed by atoms with Crippen molar-refractivity contribution in [3.8, 4) is 11.4 Å². The molecule has 2 N–H and O–H groups in total. The van der Waals surface area contributed by atoms with E-state index in [-0.39, 0.29) is 0 Å². The zero-order chi connectivity index (χ0) is 17.3. The Morgan fingerprint density at radius 3 is 2.73 bits per heavy atom.